The summed E-state index contributed by atoms with van der Waals surface area (Å²) in [7, 11) is 1.27. The predicted molar refractivity (Wildman–Crippen MR) is 141 cm³/mol. The number of ether oxygens (including phenoxy) is 1. The first-order valence-corrected chi connectivity index (χ1v) is 12.9. The van der Waals surface area contributed by atoms with Gasteiger partial charge >= 0.3 is 5.97 Å². The van der Waals surface area contributed by atoms with Crippen LogP contribution in [0.3, 0.4) is 0 Å². The Morgan fingerprint density at radius 1 is 1.24 bits per heavy atom. The molecule has 1 amide bonds. The number of imidazole rings is 1. The van der Waals surface area contributed by atoms with E-state index in [1.165, 1.54) is 13.4 Å². The summed E-state index contributed by atoms with van der Waals surface area (Å²) < 4.78 is 5.73. The van der Waals surface area contributed by atoms with Gasteiger partial charge in [-0.25, -0.2) is 9.78 Å². The smallest absolute Gasteiger partial charge is 0.328 e. The largest absolute Gasteiger partial charge is 0.467 e. The Morgan fingerprint density at radius 2 is 1.92 bits per heavy atom. The molecule has 2 aromatic rings. The zero-order valence-corrected chi connectivity index (χ0v) is 23.3. The minimum atomic E-state index is -1.63. The molecular formula is C26H34BrN5O5. The number of halogens is 1. The van der Waals surface area contributed by atoms with E-state index >= 15 is 0 Å². The molecule has 200 valence electrons. The van der Waals surface area contributed by atoms with E-state index in [1.54, 1.807) is 30.5 Å². The van der Waals surface area contributed by atoms with Gasteiger partial charge in [0.15, 0.2) is 5.78 Å². The Bertz CT molecular complexity index is 1150. The number of benzene rings is 1. The number of nitrogens with two attached hydrogens (primary N) is 1. The van der Waals surface area contributed by atoms with Crippen molar-refractivity contribution in [1.29, 1.82) is 0 Å². The average Bonchev–Trinajstić information content (AvgIpc) is 3.53. The fourth-order valence-corrected chi connectivity index (χ4v) is 4.67. The maximum absolute atomic E-state index is 13.9. The van der Waals surface area contributed by atoms with Crippen molar-refractivity contribution in [2.75, 3.05) is 7.11 Å². The first-order valence-electron chi connectivity index (χ1n) is 12.1. The average molecular weight is 576 g/mol. The molecule has 0 bridgehead atoms. The van der Waals surface area contributed by atoms with Gasteiger partial charge in [-0.2, -0.15) is 0 Å². The van der Waals surface area contributed by atoms with Gasteiger partial charge in [-0.1, -0.05) is 60.9 Å². The van der Waals surface area contributed by atoms with Crippen LogP contribution in [0.15, 0.2) is 46.4 Å². The summed E-state index contributed by atoms with van der Waals surface area (Å²) in [5.41, 5.74) is 5.01. The Labute approximate surface area is 224 Å². The van der Waals surface area contributed by atoms with Crippen molar-refractivity contribution < 1.29 is 24.0 Å². The number of hydrogen-bond acceptors (Lipinski definition) is 8. The van der Waals surface area contributed by atoms with E-state index in [9.17, 15) is 14.4 Å². The van der Waals surface area contributed by atoms with Crippen LogP contribution in [-0.2, 0) is 36.0 Å². The van der Waals surface area contributed by atoms with E-state index in [0.717, 1.165) is 4.47 Å². The van der Waals surface area contributed by atoms with Gasteiger partial charge in [0.1, 0.15) is 11.6 Å². The van der Waals surface area contributed by atoms with Crippen molar-refractivity contribution in [3.8, 4) is 0 Å². The number of aromatic amines is 1. The van der Waals surface area contributed by atoms with E-state index in [-0.39, 0.29) is 36.2 Å². The number of carbonyl (C=O) groups is 3. The van der Waals surface area contributed by atoms with Crippen LogP contribution >= 0.6 is 15.9 Å². The molecule has 1 aromatic carbocycles. The highest BCUT2D eigenvalue weighted by Gasteiger charge is 2.55. The summed E-state index contributed by atoms with van der Waals surface area (Å²) in [4.78, 5) is 52.6. The maximum atomic E-state index is 13.9. The number of esters is 1. The number of aromatic nitrogens is 2. The van der Waals surface area contributed by atoms with Crippen molar-refractivity contribution in [3.05, 3.63) is 52.5 Å². The molecule has 0 saturated heterocycles. The molecule has 0 spiro atoms. The number of nitrogens with one attached hydrogen (secondary N) is 2. The van der Waals surface area contributed by atoms with Crippen LogP contribution in [-0.4, -0.2) is 52.0 Å². The normalized spacial score (nSPS) is 19.6. The maximum Gasteiger partial charge on any atom is 0.328 e. The summed E-state index contributed by atoms with van der Waals surface area (Å²) in [6.07, 6.45) is 3.37. The lowest BCUT2D eigenvalue weighted by Gasteiger charge is -2.33. The fraction of sp³-hybridized carbons (Fsp3) is 0.500. The summed E-state index contributed by atoms with van der Waals surface area (Å²) in [6, 6.07) is 6.14. The summed E-state index contributed by atoms with van der Waals surface area (Å²) >= 11 is 3.41. The van der Waals surface area contributed by atoms with Crippen LogP contribution < -0.4 is 11.1 Å². The van der Waals surface area contributed by atoms with Crippen molar-refractivity contribution >= 4 is 39.3 Å². The van der Waals surface area contributed by atoms with Gasteiger partial charge in [0.25, 0.3) is 5.91 Å². The van der Waals surface area contributed by atoms with Crippen LogP contribution in [0, 0.1) is 11.8 Å². The molecule has 0 saturated carbocycles. The third kappa shape index (κ3) is 5.93. The number of nitrogens with zero attached hydrogens (tertiary/aromatic N) is 2. The van der Waals surface area contributed by atoms with Crippen LogP contribution in [0.4, 0.5) is 0 Å². The van der Waals surface area contributed by atoms with Crippen molar-refractivity contribution in [2.45, 2.75) is 64.1 Å². The molecule has 1 aromatic heterocycles. The number of amides is 1. The molecule has 0 aliphatic carbocycles. The van der Waals surface area contributed by atoms with Crippen molar-refractivity contribution in [1.82, 2.24) is 15.3 Å². The number of rotatable bonds is 11. The standard InChI is InChI=1S/C26H34BrN5O5/c1-15(2)10-20(23(34)36-5)31-24(35)25(17-6-8-18(27)9-7-17)12-21(32-37-25)26(28,16(3)4)22(33)11-19-13-29-14-30-19/h6-9,13-16,20H,10-12,28H2,1-5H3,(H,29,30)(H,31,35)/t20-,25?,26-/m0/s1. The molecule has 2 heterocycles. The highest BCUT2D eigenvalue weighted by atomic mass is 79.9. The van der Waals surface area contributed by atoms with E-state index in [1.807, 2.05) is 27.7 Å². The van der Waals surface area contributed by atoms with E-state index in [2.05, 4.69) is 36.4 Å². The lowest BCUT2D eigenvalue weighted by Crippen LogP contribution is -2.60. The number of carbonyl (C=O) groups excluding carboxylic acids is 3. The topological polar surface area (TPSA) is 149 Å². The number of ketones is 1. The molecule has 0 fully saturated rings. The molecule has 1 unspecified atom stereocenters. The lowest BCUT2D eigenvalue weighted by atomic mass is 9.73. The van der Waals surface area contributed by atoms with Crippen molar-refractivity contribution in [3.63, 3.8) is 0 Å². The minimum absolute atomic E-state index is 0.0178. The molecule has 1 aliphatic rings. The van der Waals surface area contributed by atoms with Crippen molar-refractivity contribution in [2.24, 2.45) is 22.7 Å². The molecule has 37 heavy (non-hydrogen) atoms. The molecule has 0 radical (unpaired) electrons. The Hall–Kier alpha value is -3.05. The number of H-pyrrole nitrogens is 1. The van der Waals surface area contributed by atoms with Crippen LogP contribution in [0.2, 0.25) is 0 Å². The second kappa shape index (κ2) is 11.6. The second-order valence-electron chi connectivity index (χ2n) is 10.0. The summed E-state index contributed by atoms with van der Waals surface area (Å²) in [6.45, 7) is 7.53. The number of methoxy groups -OCH3 is 1. The van der Waals surface area contributed by atoms with Crippen LogP contribution in [0.5, 0.6) is 0 Å². The van der Waals surface area contributed by atoms with E-state index in [0.29, 0.717) is 17.7 Å². The highest BCUT2D eigenvalue weighted by Crippen LogP contribution is 2.40. The fourth-order valence-electron chi connectivity index (χ4n) is 4.40. The molecule has 11 heteroatoms. The van der Waals surface area contributed by atoms with Gasteiger partial charge in [0, 0.05) is 28.3 Å². The van der Waals surface area contributed by atoms with Gasteiger partial charge < -0.3 is 25.6 Å². The van der Waals surface area contributed by atoms with Gasteiger partial charge in [-0.3, -0.25) is 9.59 Å². The molecule has 3 atom stereocenters. The first kappa shape index (κ1) is 28.5. The second-order valence-corrected chi connectivity index (χ2v) is 10.9. The number of oxime groups is 1. The number of hydrogen-bond donors (Lipinski definition) is 3. The predicted octanol–water partition coefficient (Wildman–Crippen LogP) is 3.01. The third-order valence-electron chi connectivity index (χ3n) is 6.66. The van der Waals surface area contributed by atoms with Gasteiger partial charge in [-0.05, 0) is 30.4 Å². The van der Waals surface area contributed by atoms with Crippen LogP contribution in [0.25, 0.3) is 0 Å². The third-order valence-corrected chi connectivity index (χ3v) is 7.19. The van der Waals surface area contributed by atoms with Gasteiger partial charge in [-0.15, -0.1) is 0 Å². The quantitative estimate of drug-likeness (QED) is 0.348. The zero-order valence-electron chi connectivity index (χ0n) is 21.7. The summed E-state index contributed by atoms with van der Waals surface area (Å²) in [5, 5.41) is 7.04. The Balaban J connectivity index is 1.98. The SMILES string of the molecule is COC(=O)[C@H](CC(C)C)NC(=O)C1(c2ccc(Br)cc2)CC([C@](N)(C(=O)Cc2cnc[nH]2)C(C)C)=NO1. The molecule has 1 aliphatic heterocycles. The first-order chi connectivity index (χ1) is 17.4. The monoisotopic (exact) mass is 575 g/mol. The lowest BCUT2D eigenvalue weighted by molar-refractivity contribution is -0.152. The molecule has 10 nitrogen and oxygen atoms in total. The Morgan fingerprint density at radius 3 is 2.46 bits per heavy atom. The number of Topliss-reactive ketones (excluding diaryl/α,β-unsaturated/α-hetero) is 1. The molecular weight excluding hydrogens is 542 g/mol. The Kier molecular flexibility index (Phi) is 8.91. The van der Waals surface area contributed by atoms with E-state index < -0.39 is 29.1 Å². The zero-order chi connectivity index (χ0) is 27.4. The minimum Gasteiger partial charge on any atom is -0.467 e. The molecule has 3 rings (SSSR count). The summed E-state index contributed by atoms with van der Waals surface area (Å²) in [5.74, 6) is -1.65. The van der Waals surface area contributed by atoms with Gasteiger partial charge in [0.2, 0.25) is 5.60 Å². The van der Waals surface area contributed by atoms with Gasteiger partial charge in [0.05, 0.1) is 25.6 Å². The highest BCUT2D eigenvalue weighted by molar-refractivity contribution is 9.10. The van der Waals surface area contributed by atoms with E-state index in [4.69, 9.17) is 15.3 Å². The van der Waals surface area contributed by atoms with Crippen LogP contribution in [0.1, 0.15) is 51.8 Å². The molecule has 4 N–H and O–H groups in total.